The molecule has 1 aromatic carbocycles. The van der Waals surface area contributed by atoms with Gasteiger partial charge in [0.05, 0.1) is 16.9 Å². The molecule has 0 fully saturated rings. The van der Waals surface area contributed by atoms with Gasteiger partial charge in [0, 0.05) is 19.5 Å². The summed E-state index contributed by atoms with van der Waals surface area (Å²) in [5.74, 6) is 0.598. The standard InChI is InChI=1S/C18H16FN5O2/c1-11(12-3-5-13(19)6-4-12)23-8-7-15-14(17(23)25)9-20-18-21-16(10-26-2)22-24(15)18/h3-9,11H,10H2,1-2H3. The number of hydrogen-bond donors (Lipinski definition) is 0. The third-order valence-corrected chi connectivity index (χ3v) is 4.35. The van der Waals surface area contributed by atoms with Crippen molar-refractivity contribution in [1.29, 1.82) is 0 Å². The predicted molar refractivity (Wildman–Crippen MR) is 93.5 cm³/mol. The SMILES string of the molecule is COCc1nc2ncc3c(=O)n(C(C)c4ccc(F)cc4)ccc3n2n1. The Morgan fingerprint density at radius 3 is 2.73 bits per heavy atom. The van der Waals surface area contributed by atoms with E-state index in [0.717, 1.165) is 5.56 Å². The monoisotopic (exact) mass is 353 g/mol. The number of pyridine rings is 1. The molecular weight excluding hydrogens is 337 g/mol. The number of benzene rings is 1. The first-order valence-electron chi connectivity index (χ1n) is 8.08. The molecule has 0 radical (unpaired) electrons. The van der Waals surface area contributed by atoms with Crippen LogP contribution in [0.4, 0.5) is 4.39 Å². The Kier molecular flexibility index (Phi) is 3.96. The van der Waals surface area contributed by atoms with Crippen molar-refractivity contribution in [3.63, 3.8) is 0 Å². The molecule has 0 spiro atoms. The molecule has 26 heavy (non-hydrogen) atoms. The molecule has 0 bridgehead atoms. The van der Waals surface area contributed by atoms with E-state index in [-0.39, 0.29) is 24.0 Å². The summed E-state index contributed by atoms with van der Waals surface area (Å²) in [6.45, 7) is 2.15. The number of fused-ring (bicyclic) bond motifs is 3. The summed E-state index contributed by atoms with van der Waals surface area (Å²) >= 11 is 0. The lowest BCUT2D eigenvalue weighted by atomic mass is 10.1. The molecule has 8 heteroatoms. The van der Waals surface area contributed by atoms with Crippen LogP contribution >= 0.6 is 0 Å². The van der Waals surface area contributed by atoms with Crippen LogP contribution in [0, 0.1) is 5.82 Å². The van der Waals surface area contributed by atoms with Crippen molar-refractivity contribution >= 4 is 16.7 Å². The highest BCUT2D eigenvalue weighted by Gasteiger charge is 2.15. The zero-order valence-electron chi connectivity index (χ0n) is 14.3. The summed E-state index contributed by atoms with van der Waals surface area (Å²) in [6.07, 6.45) is 3.21. The van der Waals surface area contributed by atoms with Gasteiger partial charge in [0.2, 0.25) is 0 Å². The van der Waals surface area contributed by atoms with E-state index in [9.17, 15) is 9.18 Å². The van der Waals surface area contributed by atoms with Crippen LogP contribution in [0.3, 0.4) is 0 Å². The normalized spacial score (nSPS) is 12.7. The number of ether oxygens (including phenoxy) is 1. The molecule has 0 aliphatic rings. The first kappa shape index (κ1) is 16.3. The lowest BCUT2D eigenvalue weighted by Crippen LogP contribution is -2.24. The van der Waals surface area contributed by atoms with Crippen molar-refractivity contribution < 1.29 is 9.13 Å². The molecule has 3 heterocycles. The molecule has 4 aromatic rings. The zero-order valence-corrected chi connectivity index (χ0v) is 14.3. The fourth-order valence-corrected chi connectivity index (χ4v) is 2.97. The van der Waals surface area contributed by atoms with Crippen LogP contribution in [0.25, 0.3) is 16.7 Å². The molecule has 0 amide bonds. The molecule has 0 aliphatic heterocycles. The molecule has 132 valence electrons. The third-order valence-electron chi connectivity index (χ3n) is 4.35. The highest BCUT2D eigenvalue weighted by molar-refractivity contribution is 5.78. The largest absolute Gasteiger partial charge is 0.377 e. The molecule has 1 atom stereocenters. The predicted octanol–water partition coefficient (Wildman–Crippen LogP) is 2.33. The molecule has 0 N–H and O–H groups in total. The molecule has 0 saturated heterocycles. The van der Waals surface area contributed by atoms with Gasteiger partial charge < -0.3 is 9.30 Å². The maximum atomic E-state index is 13.1. The highest BCUT2D eigenvalue weighted by atomic mass is 19.1. The van der Waals surface area contributed by atoms with Crippen LogP contribution in [0.2, 0.25) is 0 Å². The molecule has 3 aromatic heterocycles. The fraction of sp³-hybridized carbons (Fsp3) is 0.222. The summed E-state index contributed by atoms with van der Waals surface area (Å²) < 4.78 is 21.3. The van der Waals surface area contributed by atoms with Gasteiger partial charge in [-0.05, 0) is 30.7 Å². The van der Waals surface area contributed by atoms with Crippen molar-refractivity contribution in [2.24, 2.45) is 0 Å². The number of nitrogens with zero attached hydrogens (tertiary/aromatic N) is 5. The number of halogens is 1. The first-order chi connectivity index (χ1) is 12.6. The second-order valence-electron chi connectivity index (χ2n) is 5.99. The quantitative estimate of drug-likeness (QED) is 0.563. The van der Waals surface area contributed by atoms with Crippen LogP contribution in [-0.4, -0.2) is 31.3 Å². The molecule has 7 nitrogen and oxygen atoms in total. The van der Waals surface area contributed by atoms with Gasteiger partial charge in [0.25, 0.3) is 11.3 Å². The Balaban J connectivity index is 1.85. The minimum absolute atomic E-state index is 0.197. The van der Waals surface area contributed by atoms with Crippen molar-refractivity contribution in [3.8, 4) is 0 Å². The van der Waals surface area contributed by atoms with E-state index in [1.165, 1.54) is 22.8 Å². The molecule has 4 rings (SSSR count). The third kappa shape index (κ3) is 2.64. The van der Waals surface area contributed by atoms with Crippen LogP contribution in [0.5, 0.6) is 0 Å². The van der Waals surface area contributed by atoms with Gasteiger partial charge in [0.1, 0.15) is 12.4 Å². The van der Waals surface area contributed by atoms with Crippen LogP contribution in [0.1, 0.15) is 24.4 Å². The van der Waals surface area contributed by atoms with E-state index in [4.69, 9.17) is 4.74 Å². The highest BCUT2D eigenvalue weighted by Crippen LogP contribution is 2.18. The first-order valence-corrected chi connectivity index (χ1v) is 8.08. The van der Waals surface area contributed by atoms with Crippen LogP contribution in [-0.2, 0) is 11.3 Å². The lowest BCUT2D eigenvalue weighted by molar-refractivity contribution is 0.178. The van der Waals surface area contributed by atoms with Crippen molar-refractivity contribution in [1.82, 2.24) is 24.1 Å². The van der Waals surface area contributed by atoms with Gasteiger partial charge in [-0.15, -0.1) is 5.10 Å². The summed E-state index contributed by atoms with van der Waals surface area (Å²) in [5, 5.41) is 4.78. The molecule has 1 unspecified atom stereocenters. The molecule has 0 saturated carbocycles. The van der Waals surface area contributed by atoms with Gasteiger partial charge in [-0.2, -0.15) is 9.50 Å². The van der Waals surface area contributed by atoms with Gasteiger partial charge >= 0.3 is 0 Å². The van der Waals surface area contributed by atoms with Crippen LogP contribution in [0.15, 0.2) is 47.5 Å². The van der Waals surface area contributed by atoms with E-state index in [1.807, 2.05) is 6.92 Å². The topological polar surface area (TPSA) is 74.3 Å². The Morgan fingerprint density at radius 1 is 1.23 bits per heavy atom. The average molecular weight is 353 g/mol. The van der Waals surface area contributed by atoms with Gasteiger partial charge in [-0.25, -0.2) is 9.37 Å². The smallest absolute Gasteiger partial charge is 0.262 e. The molecule has 0 aliphatic carbocycles. The van der Waals surface area contributed by atoms with Gasteiger partial charge in [-0.1, -0.05) is 12.1 Å². The second-order valence-corrected chi connectivity index (χ2v) is 5.99. The fourth-order valence-electron chi connectivity index (χ4n) is 2.97. The number of aromatic nitrogens is 5. The Morgan fingerprint density at radius 2 is 2.00 bits per heavy atom. The van der Waals surface area contributed by atoms with Gasteiger partial charge in [-0.3, -0.25) is 4.79 Å². The van der Waals surface area contributed by atoms with E-state index in [2.05, 4.69) is 15.1 Å². The summed E-state index contributed by atoms with van der Waals surface area (Å²) in [7, 11) is 1.56. The number of hydrogen-bond acceptors (Lipinski definition) is 5. The summed E-state index contributed by atoms with van der Waals surface area (Å²) in [5.41, 5.74) is 1.26. The summed E-state index contributed by atoms with van der Waals surface area (Å²) in [6, 6.07) is 7.67. The number of methoxy groups -OCH3 is 1. The molecular formula is C18H16FN5O2. The van der Waals surface area contributed by atoms with Gasteiger partial charge in [0.15, 0.2) is 5.82 Å². The minimum atomic E-state index is -0.309. The van der Waals surface area contributed by atoms with Crippen molar-refractivity contribution in [2.45, 2.75) is 19.6 Å². The average Bonchev–Trinajstić information content (AvgIpc) is 3.05. The lowest BCUT2D eigenvalue weighted by Gasteiger charge is -2.16. The van der Waals surface area contributed by atoms with Crippen molar-refractivity contribution in [3.05, 3.63) is 70.3 Å². The Labute approximate surface area is 147 Å². The summed E-state index contributed by atoms with van der Waals surface area (Å²) in [4.78, 5) is 21.4. The number of rotatable bonds is 4. The Hall–Kier alpha value is -3.13. The maximum absolute atomic E-state index is 13.1. The minimum Gasteiger partial charge on any atom is -0.377 e. The maximum Gasteiger partial charge on any atom is 0.262 e. The second kappa shape index (κ2) is 6.30. The van der Waals surface area contributed by atoms with Crippen LogP contribution < -0.4 is 5.56 Å². The van der Waals surface area contributed by atoms with E-state index >= 15 is 0 Å². The van der Waals surface area contributed by atoms with Crippen molar-refractivity contribution in [2.75, 3.05) is 7.11 Å². The van der Waals surface area contributed by atoms with E-state index in [0.29, 0.717) is 22.5 Å². The Bertz CT molecular complexity index is 1150. The zero-order chi connectivity index (χ0) is 18.3. The van der Waals surface area contributed by atoms with E-state index in [1.54, 1.807) is 36.1 Å². The van der Waals surface area contributed by atoms with E-state index < -0.39 is 0 Å².